The largest absolute Gasteiger partial charge is 0.463 e. The molecule has 2 fully saturated rings. The molecule has 1 aromatic heterocycles. The van der Waals surface area contributed by atoms with Gasteiger partial charge in [0.1, 0.15) is 11.8 Å². The van der Waals surface area contributed by atoms with Gasteiger partial charge in [0.2, 0.25) is 0 Å². The van der Waals surface area contributed by atoms with Crippen LogP contribution in [0.3, 0.4) is 0 Å². The molecule has 0 aliphatic carbocycles. The molecule has 2 aliphatic heterocycles. The molecule has 0 radical (unpaired) electrons. The molecule has 3 heterocycles. The second-order valence-electron chi connectivity index (χ2n) is 5.76. The van der Waals surface area contributed by atoms with E-state index in [0.29, 0.717) is 18.8 Å². The first-order valence-corrected chi connectivity index (χ1v) is 7.13. The number of ether oxygens (including phenoxy) is 1. The smallest absolute Gasteiger partial charge is 0.258 e. The van der Waals surface area contributed by atoms with E-state index in [2.05, 4.69) is 13.0 Å². The van der Waals surface area contributed by atoms with Crippen LogP contribution in [0.5, 0.6) is 0 Å². The number of likely N-dealkylation sites (tertiary alicyclic amines) is 1. The van der Waals surface area contributed by atoms with Crippen LogP contribution < -0.4 is 0 Å². The van der Waals surface area contributed by atoms with Crippen molar-refractivity contribution >= 4 is 16.9 Å². The van der Waals surface area contributed by atoms with Gasteiger partial charge in [-0.25, -0.2) is 0 Å². The number of furan rings is 1. The monoisotopic (exact) mass is 271 g/mol. The maximum atomic E-state index is 12.7. The lowest BCUT2D eigenvalue weighted by Gasteiger charge is -2.57. The fourth-order valence-electron chi connectivity index (χ4n) is 3.10. The molecule has 104 valence electrons. The summed E-state index contributed by atoms with van der Waals surface area (Å²) in [4.78, 5) is 14.7. The number of amides is 1. The van der Waals surface area contributed by atoms with Crippen LogP contribution in [0.4, 0.5) is 0 Å². The fraction of sp³-hybridized carbons (Fsp3) is 0.438. The van der Waals surface area contributed by atoms with E-state index in [4.69, 9.17) is 9.15 Å². The van der Waals surface area contributed by atoms with Crippen molar-refractivity contribution in [2.24, 2.45) is 0 Å². The van der Waals surface area contributed by atoms with Gasteiger partial charge in [-0.15, -0.1) is 0 Å². The molecule has 1 aromatic carbocycles. The maximum Gasteiger partial charge on any atom is 0.258 e. The topological polar surface area (TPSA) is 42.7 Å². The molecule has 0 N–H and O–H groups in total. The first-order valence-electron chi connectivity index (χ1n) is 7.13. The van der Waals surface area contributed by atoms with Crippen molar-refractivity contribution in [1.29, 1.82) is 0 Å². The van der Waals surface area contributed by atoms with Gasteiger partial charge in [0.05, 0.1) is 24.3 Å². The highest BCUT2D eigenvalue weighted by Gasteiger charge is 2.53. The van der Waals surface area contributed by atoms with E-state index >= 15 is 0 Å². The van der Waals surface area contributed by atoms with Crippen LogP contribution >= 0.6 is 0 Å². The van der Waals surface area contributed by atoms with Gasteiger partial charge in [0, 0.05) is 11.9 Å². The van der Waals surface area contributed by atoms with Crippen molar-refractivity contribution in [3.8, 4) is 0 Å². The standard InChI is InChI=1S/C16H17NO3/c1-2-11-3-4-14-12(7-11)13(8-20-14)15(18)17-6-5-16(17)9-19-10-16/h3-4,7-8H,2,5-6,9-10H2,1H3. The Hall–Kier alpha value is -1.81. The lowest BCUT2D eigenvalue weighted by Crippen LogP contribution is -2.72. The van der Waals surface area contributed by atoms with Crippen LogP contribution in [-0.2, 0) is 11.2 Å². The van der Waals surface area contributed by atoms with Gasteiger partial charge in [0.25, 0.3) is 5.91 Å². The average molecular weight is 271 g/mol. The molecular weight excluding hydrogens is 254 g/mol. The summed E-state index contributed by atoms with van der Waals surface area (Å²) < 4.78 is 10.8. The number of carbonyl (C=O) groups is 1. The van der Waals surface area contributed by atoms with Crippen molar-refractivity contribution in [3.63, 3.8) is 0 Å². The van der Waals surface area contributed by atoms with Gasteiger partial charge in [-0.3, -0.25) is 4.79 Å². The van der Waals surface area contributed by atoms with E-state index in [-0.39, 0.29) is 11.4 Å². The van der Waals surface area contributed by atoms with E-state index in [1.165, 1.54) is 5.56 Å². The third kappa shape index (κ3) is 1.48. The van der Waals surface area contributed by atoms with E-state index in [1.807, 2.05) is 17.0 Å². The Morgan fingerprint density at radius 2 is 2.25 bits per heavy atom. The number of carbonyl (C=O) groups excluding carboxylic acids is 1. The molecule has 2 aromatic rings. The maximum absolute atomic E-state index is 12.7. The third-order valence-corrected chi connectivity index (χ3v) is 4.64. The molecule has 1 spiro atoms. The van der Waals surface area contributed by atoms with E-state index in [1.54, 1.807) is 6.26 Å². The zero-order valence-electron chi connectivity index (χ0n) is 11.5. The Bertz CT molecular complexity index is 679. The summed E-state index contributed by atoms with van der Waals surface area (Å²) in [6.07, 6.45) is 3.60. The molecule has 4 rings (SSSR count). The van der Waals surface area contributed by atoms with E-state index in [9.17, 15) is 4.79 Å². The number of rotatable bonds is 2. The second-order valence-corrected chi connectivity index (χ2v) is 5.76. The summed E-state index contributed by atoms with van der Waals surface area (Å²) >= 11 is 0. The predicted octanol–water partition coefficient (Wildman–Crippen LogP) is 2.61. The number of hydrogen-bond donors (Lipinski definition) is 0. The molecule has 20 heavy (non-hydrogen) atoms. The summed E-state index contributed by atoms with van der Waals surface area (Å²) in [5.74, 6) is 0.0755. The normalized spacial score (nSPS) is 19.9. The third-order valence-electron chi connectivity index (χ3n) is 4.64. The second kappa shape index (κ2) is 4.09. The van der Waals surface area contributed by atoms with Crippen LogP contribution in [0.1, 0.15) is 29.3 Å². The van der Waals surface area contributed by atoms with Gasteiger partial charge in [-0.1, -0.05) is 13.0 Å². The van der Waals surface area contributed by atoms with E-state index < -0.39 is 0 Å². The zero-order chi connectivity index (χ0) is 13.7. The molecule has 2 aliphatic rings. The zero-order valence-corrected chi connectivity index (χ0v) is 11.5. The number of benzene rings is 1. The van der Waals surface area contributed by atoms with Crippen LogP contribution in [0, 0.1) is 0 Å². The number of hydrogen-bond acceptors (Lipinski definition) is 3. The molecule has 4 nitrogen and oxygen atoms in total. The van der Waals surface area contributed by atoms with Crippen molar-refractivity contribution in [1.82, 2.24) is 4.90 Å². The lowest BCUT2D eigenvalue weighted by molar-refractivity contribution is -0.172. The van der Waals surface area contributed by atoms with Gasteiger partial charge in [-0.05, 0) is 30.5 Å². The molecular formula is C16H17NO3. The first kappa shape index (κ1) is 12.0. The van der Waals surface area contributed by atoms with Gasteiger partial charge in [-0.2, -0.15) is 0 Å². The predicted molar refractivity (Wildman–Crippen MR) is 74.8 cm³/mol. The minimum Gasteiger partial charge on any atom is -0.463 e. The van der Waals surface area contributed by atoms with Crippen LogP contribution in [-0.4, -0.2) is 36.1 Å². The molecule has 0 unspecified atom stereocenters. The highest BCUT2D eigenvalue weighted by molar-refractivity contribution is 6.06. The van der Waals surface area contributed by atoms with Gasteiger partial charge in [0.15, 0.2) is 0 Å². The summed E-state index contributed by atoms with van der Waals surface area (Å²) in [7, 11) is 0. The summed E-state index contributed by atoms with van der Waals surface area (Å²) in [5, 5.41) is 0.927. The lowest BCUT2D eigenvalue weighted by atomic mass is 9.82. The Labute approximate surface area is 117 Å². The Morgan fingerprint density at radius 3 is 2.85 bits per heavy atom. The first-order chi connectivity index (χ1) is 9.73. The summed E-state index contributed by atoms with van der Waals surface area (Å²) in [6.45, 7) is 4.28. The van der Waals surface area contributed by atoms with Crippen LogP contribution in [0.25, 0.3) is 11.0 Å². The van der Waals surface area contributed by atoms with Crippen molar-refractivity contribution in [2.75, 3.05) is 19.8 Å². The minimum absolute atomic E-state index is 0.0248. The average Bonchev–Trinajstić information content (AvgIpc) is 2.78. The summed E-state index contributed by atoms with van der Waals surface area (Å²) in [6, 6.07) is 6.06. The molecule has 2 saturated heterocycles. The van der Waals surface area contributed by atoms with Crippen LogP contribution in [0.2, 0.25) is 0 Å². The quantitative estimate of drug-likeness (QED) is 0.843. The highest BCUT2D eigenvalue weighted by Crippen LogP contribution is 2.39. The highest BCUT2D eigenvalue weighted by atomic mass is 16.5. The molecule has 4 heteroatoms. The Kier molecular flexibility index (Phi) is 2.45. The SMILES string of the molecule is CCc1ccc2occ(C(=O)N3CCC34COC4)c2c1. The van der Waals surface area contributed by atoms with Crippen LogP contribution in [0.15, 0.2) is 28.9 Å². The molecule has 0 atom stereocenters. The van der Waals surface area contributed by atoms with E-state index in [0.717, 1.165) is 30.4 Å². The van der Waals surface area contributed by atoms with Gasteiger partial charge < -0.3 is 14.1 Å². The molecule has 0 saturated carbocycles. The van der Waals surface area contributed by atoms with Crippen molar-refractivity contribution in [3.05, 3.63) is 35.6 Å². The summed E-state index contributed by atoms with van der Waals surface area (Å²) in [5.41, 5.74) is 2.66. The minimum atomic E-state index is -0.0248. The number of fused-ring (bicyclic) bond motifs is 1. The van der Waals surface area contributed by atoms with Gasteiger partial charge >= 0.3 is 0 Å². The van der Waals surface area contributed by atoms with Crippen molar-refractivity contribution < 1.29 is 13.9 Å². The Balaban J connectivity index is 1.72. The molecule has 1 amide bonds. The fourth-order valence-corrected chi connectivity index (χ4v) is 3.10. The Morgan fingerprint density at radius 1 is 1.40 bits per heavy atom. The van der Waals surface area contributed by atoms with Crippen molar-refractivity contribution in [2.45, 2.75) is 25.3 Å². The number of aryl methyl sites for hydroxylation is 1. The number of nitrogens with zero attached hydrogens (tertiary/aromatic N) is 1. The molecule has 0 bridgehead atoms.